The van der Waals surface area contributed by atoms with Crippen LogP contribution in [0.25, 0.3) is 16.6 Å². The normalized spacial score (nSPS) is 17.4. The maximum atomic E-state index is 13.8. The number of benzene rings is 3. The molecule has 3 aromatic carbocycles. The van der Waals surface area contributed by atoms with Gasteiger partial charge in [-0.2, -0.15) is 0 Å². The van der Waals surface area contributed by atoms with E-state index in [1.54, 1.807) is 24.4 Å². The number of hydrogen-bond donors (Lipinski definition) is 3. The number of nitrogens with one attached hydrogen (secondary N) is 3. The van der Waals surface area contributed by atoms with Crippen molar-refractivity contribution in [3.8, 4) is 11.5 Å². The Hall–Kier alpha value is -5.48. The van der Waals surface area contributed by atoms with E-state index in [9.17, 15) is 23.3 Å². The lowest BCUT2D eigenvalue weighted by Crippen LogP contribution is -2.47. The van der Waals surface area contributed by atoms with E-state index >= 15 is 0 Å². The van der Waals surface area contributed by atoms with E-state index in [4.69, 9.17) is 21.1 Å². The first kappa shape index (κ1) is 40.3. The number of aromatic amines is 1. The van der Waals surface area contributed by atoms with Gasteiger partial charge in [-0.25, -0.2) is 18.1 Å². The Labute approximate surface area is 347 Å². The largest absolute Gasteiger partial charge is 0.455 e. The van der Waals surface area contributed by atoms with E-state index in [-0.39, 0.29) is 28.3 Å². The second kappa shape index (κ2) is 16.6. The van der Waals surface area contributed by atoms with Crippen molar-refractivity contribution in [2.75, 3.05) is 62.7 Å². The van der Waals surface area contributed by atoms with Gasteiger partial charge in [0, 0.05) is 79.6 Å². The molecule has 16 heteroatoms. The molecule has 1 aliphatic carbocycles. The predicted octanol–water partition coefficient (Wildman–Crippen LogP) is 7.88. The SMILES string of the molecule is CC1(C)CCC(CN2CCN(c3ccc(C(=O)NS(=O)(=O)c4ccc(NCC5COC5)c([N+](=O)[O-])c4)c(Oc4cnc5[nH]ccc5c4)c3)CC2)=C(c2ccc(Cl)cc2)C1. The topological polar surface area (TPSA) is 172 Å². The number of aromatic nitrogens is 2. The molecule has 1 amide bonds. The second-order valence-electron chi connectivity index (χ2n) is 16.2. The van der Waals surface area contributed by atoms with Crippen molar-refractivity contribution in [1.82, 2.24) is 19.6 Å². The third-order valence-electron chi connectivity index (χ3n) is 11.3. The number of rotatable bonds is 13. The molecule has 14 nitrogen and oxygen atoms in total. The molecule has 3 N–H and O–H groups in total. The van der Waals surface area contributed by atoms with Gasteiger partial charge in [-0.1, -0.05) is 43.2 Å². The zero-order valence-corrected chi connectivity index (χ0v) is 34.4. The molecule has 3 aliphatic rings. The smallest absolute Gasteiger partial charge is 0.293 e. The number of amides is 1. The number of ether oxygens (including phenoxy) is 2. The van der Waals surface area contributed by atoms with Crippen molar-refractivity contribution < 1.29 is 27.6 Å². The van der Waals surface area contributed by atoms with Crippen molar-refractivity contribution in [3.63, 3.8) is 0 Å². The van der Waals surface area contributed by atoms with Crippen molar-refractivity contribution >= 4 is 61.2 Å². The Bertz CT molecular complexity index is 2530. The first-order chi connectivity index (χ1) is 28.3. The average molecular weight is 840 g/mol. The van der Waals surface area contributed by atoms with E-state index in [1.807, 2.05) is 18.2 Å². The van der Waals surface area contributed by atoms with Crippen molar-refractivity contribution in [2.24, 2.45) is 11.3 Å². The van der Waals surface area contributed by atoms with E-state index in [2.05, 4.69) is 55.8 Å². The number of pyridine rings is 1. The molecule has 2 saturated heterocycles. The highest BCUT2D eigenvalue weighted by molar-refractivity contribution is 7.90. The molecule has 2 aliphatic heterocycles. The summed E-state index contributed by atoms with van der Waals surface area (Å²) in [4.78, 5) is 36.9. The van der Waals surface area contributed by atoms with E-state index in [1.165, 1.54) is 41.1 Å². The Kier molecular flexibility index (Phi) is 11.4. The quantitative estimate of drug-likeness (QED) is 0.0778. The highest BCUT2D eigenvalue weighted by Gasteiger charge is 2.31. The number of carbonyl (C=O) groups excluding carboxylic acids is 1. The number of halogens is 1. The van der Waals surface area contributed by atoms with Crippen molar-refractivity contribution in [2.45, 2.75) is 38.0 Å². The van der Waals surface area contributed by atoms with Crippen LogP contribution in [0.2, 0.25) is 5.02 Å². The highest BCUT2D eigenvalue weighted by Crippen LogP contribution is 2.43. The van der Waals surface area contributed by atoms with Crippen LogP contribution in [-0.2, 0) is 14.8 Å². The number of piperazine rings is 1. The zero-order valence-electron chi connectivity index (χ0n) is 32.9. The van der Waals surface area contributed by atoms with Crippen LogP contribution in [0.3, 0.4) is 0 Å². The molecule has 2 fully saturated rings. The summed E-state index contributed by atoms with van der Waals surface area (Å²) in [7, 11) is -4.54. The molecule has 0 saturated carbocycles. The standard InChI is InChI=1S/C43H46ClN7O7S/c1-43(2)13-11-31(37(22-43)29-3-5-32(44)6-4-29)25-49-15-17-50(18-16-49)33-7-9-36(40(20-33)58-34-19-30-12-14-45-41(30)47-24-34)42(52)48-59(55,56)35-8-10-38(39(21-35)51(53)54)46-23-28-26-57-27-28/h3-10,12,14,19-21,24,28,46H,11,13,15-18,22-23,25-27H2,1-2H3,(H,45,47)(H,48,52). The molecular weight excluding hydrogens is 794 g/mol. The van der Waals surface area contributed by atoms with Gasteiger partial charge in [-0.15, -0.1) is 0 Å². The minimum atomic E-state index is -4.54. The Morgan fingerprint density at radius 1 is 1.05 bits per heavy atom. The number of sulfonamides is 1. The molecule has 4 heterocycles. The number of hydrogen-bond acceptors (Lipinski definition) is 11. The average Bonchev–Trinajstić information content (AvgIpc) is 3.66. The van der Waals surface area contributed by atoms with Gasteiger partial charge in [0.2, 0.25) is 0 Å². The number of carbonyl (C=O) groups is 1. The minimum Gasteiger partial charge on any atom is -0.455 e. The number of nitro groups is 1. The lowest BCUT2D eigenvalue weighted by Gasteiger charge is -2.39. The number of nitrogens with zero attached hydrogens (tertiary/aromatic N) is 4. The van der Waals surface area contributed by atoms with Crippen molar-refractivity contribution in [1.29, 1.82) is 0 Å². The monoisotopic (exact) mass is 839 g/mol. The van der Waals surface area contributed by atoms with Gasteiger partial charge in [0.25, 0.3) is 21.6 Å². The van der Waals surface area contributed by atoms with Crippen LogP contribution >= 0.6 is 11.6 Å². The van der Waals surface area contributed by atoms with Gasteiger partial charge >= 0.3 is 0 Å². The fraction of sp³-hybridized carbons (Fsp3) is 0.349. The number of anilines is 2. The first-order valence-electron chi connectivity index (χ1n) is 19.7. The van der Waals surface area contributed by atoms with Gasteiger partial charge < -0.3 is 24.7 Å². The summed E-state index contributed by atoms with van der Waals surface area (Å²) in [6, 6.07) is 20.3. The lowest BCUT2D eigenvalue weighted by atomic mass is 9.72. The number of nitro benzene ring substituents is 1. The van der Waals surface area contributed by atoms with Crippen LogP contribution in [0.5, 0.6) is 11.5 Å². The molecule has 0 unspecified atom stereocenters. The molecule has 0 bridgehead atoms. The second-order valence-corrected chi connectivity index (χ2v) is 18.3. The molecular formula is C43H46ClN7O7S. The number of allylic oxidation sites excluding steroid dienone is 1. The predicted molar refractivity (Wildman–Crippen MR) is 228 cm³/mol. The number of H-pyrrole nitrogens is 1. The summed E-state index contributed by atoms with van der Waals surface area (Å²) >= 11 is 6.23. The molecule has 59 heavy (non-hydrogen) atoms. The molecule has 0 atom stereocenters. The summed E-state index contributed by atoms with van der Waals surface area (Å²) in [5.74, 6) is -0.273. The van der Waals surface area contributed by atoms with Gasteiger partial charge in [0.05, 0.1) is 34.8 Å². The van der Waals surface area contributed by atoms with Gasteiger partial charge in [0.1, 0.15) is 22.8 Å². The van der Waals surface area contributed by atoms with Gasteiger partial charge in [-0.3, -0.25) is 19.8 Å². The summed E-state index contributed by atoms with van der Waals surface area (Å²) in [5.41, 5.74) is 5.51. The van der Waals surface area contributed by atoms with E-state index < -0.39 is 31.4 Å². The van der Waals surface area contributed by atoms with Crippen LogP contribution in [-0.4, -0.2) is 86.6 Å². The molecule has 0 spiro atoms. The number of fused-ring (bicyclic) bond motifs is 1. The summed E-state index contributed by atoms with van der Waals surface area (Å²) in [6.07, 6.45) is 6.47. The van der Waals surface area contributed by atoms with E-state index in [0.717, 1.165) is 74.1 Å². The van der Waals surface area contributed by atoms with Crippen LogP contribution in [0, 0.1) is 21.4 Å². The highest BCUT2D eigenvalue weighted by atomic mass is 35.5. The maximum Gasteiger partial charge on any atom is 0.293 e. The summed E-state index contributed by atoms with van der Waals surface area (Å²) in [6.45, 7) is 10.2. The summed E-state index contributed by atoms with van der Waals surface area (Å²) in [5, 5.41) is 16.5. The fourth-order valence-corrected chi connectivity index (χ4v) is 8.96. The molecule has 2 aromatic heterocycles. The van der Waals surface area contributed by atoms with Crippen LogP contribution in [0.4, 0.5) is 17.1 Å². The Morgan fingerprint density at radius 3 is 2.56 bits per heavy atom. The first-order valence-corrected chi connectivity index (χ1v) is 21.5. The molecule has 8 rings (SSSR count). The molecule has 5 aromatic rings. The van der Waals surface area contributed by atoms with E-state index in [0.29, 0.717) is 31.2 Å². The zero-order chi connectivity index (χ0) is 41.3. The van der Waals surface area contributed by atoms with Crippen LogP contribution < -0.4 is 19.7 Å². The minimum absolute atomic E-state index is 0.0393. The lowest BCUT2D eigenvalue weighted by molar-refractivity contribution is -0.384. The summed E-state index contributed by atoms with van der Waals surface area (Å²) < 4.78 is 40.7. The molecule has 0 radical (unpaired) electrons. The third kappa shape index (κ3) is 9.23. The van der Waals surface area contributed by atoms with Gasteiger partial charge in [0.15, 0.2) is 0 Å². The van der Waals surface area contributed by atoms with Crippen LogP contribution in [0.1, 0.15) is 49.0 Å². The Morgan fingerprint density at radius 2 is 1.83 bits per heavy atom. The maximum absolute atomic E-state index is 13.8. The Balaban J connectivity index is 1.01. The molecule has 308 valence electrons. The fourth-order valence-electron chi connectivity index (χ4n) is 7.85. The van der Waals surface area contributed by atoms with Crippen LogP contribution in [0.15, 0.2) is 95.7 Å². The van der Waals surface area contributed by atoms with Crippen molar-refractivity contribution in [3.05, 3.63) is 117 Å². The van der Waals surface area contributed by atoms with Gasteiger partial charge in [-0.05, 0) is 84.3 Å². The third-order valence-corrected chi connectivity index (χ3v) is 12.9.